The van der Waals surface area contributed by atoms with Crippen LogP contribution < -0.4 is 30.7 Å². The number of aliphatic hydroxyl groups is 1. The molecule has 1 aliphatic carbocycles. The van der Waals surface area contributed by atoms with Crippen LogP contribution in [0.5, 0.6) is 11.5 Å². The Morgan fingerprint density at radius 2 is 1.65 bits per heavy atom. The number of fused-ring (bicyclic) bond motifs is 2. The van der Waals surface area contributed by atoms with Crippen molar-refractivity contribution < 1.29 is 46.9 Å². The second kappa shape index (κ2) is 21.2. The van der Waals surface area contributed by atoms with Crippen LogP contribution in [0.1, 0.15) is 104 Å². The number of urea groups is 1. The number of primary amides is 1. The number of nitrogens with two attached hydrogens (primary N) is 1. The SMILES string of the molecule is CC1c2c(cc(F)c(Cl)c2-c2c(C(N)=O)ccc(OCCO)c2F)OC1(CNC1CCC(C(=O)N2CCC(CN3CCC(c4c(F)ccc5c(N6CCC(=O)NC6=O)nn(C)c45)CC3)CC2)CC1)c1ccccc1. The number of hydrogen-bond donors (Lipinski definition) is 4. The minimum atomic E-state index is -1.12. The van der Waals surface area contributed by atoms with Gasteiger partial charge in [-0.25, -0.2) is 18.0 Å². The molecule has 74 heavy (non-hydrogen) atoms. The number of imide groups is 1. The first-order valence-electron chi connectivity index (χ1n) is 25.8. The predicted molar refractivity (Wildman–Crippen MR) is 273 cm³/mol. The fourth-order valence-corrected chi connectivity index (χ4v) is 12.7. The lowest BCUT2D eigenvalue weighted by Crippen LogP contribution is -2.49. The number of ether oxygens (including phenoxy) is 2. The molecular weight excluding hydrogens is 977 g/mol. The number of hydrogen-bond acceptors (Lipinski definition) is 10. The van der Waals surface area contributed by atoms with Gasteiger partial charge >= 0.3 is 6.03 Å². The standard InChI is InChI=1S/C55H62ClF3N8O7/c1-31-44-42(28-40(58)48(56)47(44)46-37(51(60)70)13-15-41(49(46)59)73-27-26-68)74-55(31,35-6-4-3-5-7-35)30-61-36-10-8-34(9-11-36)53(71)66-23-16-32(17-24-66)29-65-21-18-33(19-22-65)45-39(57)14-12-38-50(45)64(2)63-52(38)67-25-20-43(69)62-54(67)72/h3-7,12-15,28,31-34,36,61,68H,8-11,16-27,29-30H2,1-2H3,(H2,60,70)(H,62,69,72). The fraction of sp³-hybridized carbons (Fsp3) is 0.473. The number of aliphatic hydroxyl groups excluding tert-OH is 1. The smallest absolute Gasteiger partial charge is 0.329 e. The summed E-state index contributed by atoms with van der Waals surface area (Å²) in [6.45, 7) is 5.79. The number of amides is 5. The van der Waals surface area contributed by atoms with Crippen LogP contribution in [0.25, 0.3) is 22.0 Å². The average Bonchev–Trinajstić information content (AvgIpc) is 3.88. The second-order valence-corrected chi connectivity index (χ2v) is 21.0. The van der Waals surface area contributed by atoms with E-state index in [-0.39, 0.29) is 96.4 Å². The largest absolute Gasteiger partial charge is 0.488 e. The zero-order chi connectivity index (χ0) is 52.0. The van der Waals surface area contributed by atoms with Gasteiger partial charge in [-0.2, -0.15) is 5.10 Å². The van der Waals surface area contributed by atoms with Crippen molar-refractivity contribution in [2.45, 2.75) is 88.2 Å². The first-order chi connectivity index (χ1) is 35.7. The summed E-state index contributed by atoms with van der Waals surface area (Å²) >= 11 is 6.72. The van der Waals surface area contributed by atoms with Crippen LogP contribution in [-0.2, 0) is 22.2 Å². The van der Waals surface area contributed by atoms with Crippen LogP contribution in [0.15, 0.2) is 60.7 Å². The minimum absolute atomic E-state index is 0.0131. The predicted octanol–water partition coefficient (Wildman–Crippen LogP) is 7.89. The van der Waals surface area contributed by atoms with E-state index >= 15 is 13.2 Å². The highest BCUT2D eigenvalue weighted by Gasteiger charge is 2.50. The molecule has 2 unspecified atom stereocenters. The van der Waals surface area contributed by atoms with Gasteiger partial charge in [-0.15, -0.1) is 0 Å². The molecule has 1 saturated carbocycles. The van der Waals surface area contributed by atoms with Crippen molar-refractivity contribution in [3.63, 3.8) is 0 Å². The molecule has 5 amide bonds. The number of piperidine rings is 2. The van der Waals surface area contributed by atoms with Gasteiger partial charge in [0.25, 0.3) is 0 Å². The van der Waals surface area contributed by atoms with Crippen LogP contribution in [0.3, 0.4) is 0 Å². The van der Waals surface area contributed by atoms with E-state index in [1.807, 2.05) is 42.2 Å². The number of carbonyl (C=O) groups is 4. The van der Waals surface area contributed by atoms with Gasteiger partial charge in [0.1, 0.15) is 24.0 Å². The fourth-order valence-electron chi connectivity index (χ4n) is 12.4. The van der Waals surface area contributed by atoms with E-state index in [4.69, 9.17) is 26.8 Å². The Morgan fingerprint density at radius 3 is 2.34 bits per heavy atom. The number of benzene rings is 4. The highest BCUT2D eigenvalue weighted by atomic mass is 35.5. The first kappa shape index (κ1) is 51.3. The van der Waals surface area contributed by atoms with Crippen LogP contribution in [0.4, 0.5) is 23.8 Å². The monoisotopic (exact) mass is 1040 g/mol. The van der Waals surface area contributed by atoms with Gasteiger partial charge in [0.2, 0.25) is 17.7 Å². The Kier molecular flexibility index (Phi) is 14.7. The maximum atomic E-state index is 16.5. The number of likely N-dealkylation sites (tertiary alicyclic amines) is 2. The van der Waals surface area contributed by atoms with E-state index in [2.05, 4.69) is 20.6 Å². The molecule has 4 aromatic carbocycles. The third kappa shape index (κ3) is 9.58. The van der Waals surface area contributed by atoms with Crippen molar-refractivity contribution in [2.24, 2.45) is 24.6 Å². The molecule has 5 heterocycles. The number of rotatable bonds is 14. The van der Waals surface area contributed by atoms with Gasteiger partial charge in [0.15, 0.2) is 23.0 Å². The van der Waals surface area contributed by atoms with Crippen LogP contribution in [0.2, 0.25) is 5.02 Å². The first-order valence-corrected chi connectivity index (χ1v) is 26.2. The summed E-state index contributed by atoms with van der Waals surface area (Å²) in [5.74, 6) is -3.11. The molecule has 0 radical (unpaired) electrons. The molecule has 392 valence electrons. The van der Waals surface area contributed by atoms with Crippen LogP contribution in [0, 0.1) is 29.3 Å². The lowest BCUT2D eigenvalue weighted by molar-refractivity contribution is -0.138. The Hall–Kier alpha value is -6.21. The summed E-state index contributed by atoms with van der Waals surface area (Å²) in [5, 5.41) is 20.4. The summed E-state index contributed by atoms with van der Waals surface area (Å²) < 4.78 is 62.0. The van der Waals surface area contributed by atoms with Crippen molar-refractivity contribution in [2.75, 3.05) is 63.9 Å². The molecule has 1 aromatic heterocycles. The third-order valence-electron chi connectivity index (χ3n) is 16.3. The van der Waals surface area contributed by atoms with Gasteiger partial charge in [-0.05, 0) is 106 Å². The number of aromatic nitrogens is 2. The van der Waals surface area contributed by atoms with Gasteiger partial charge in [-0.3, -0.25) is 29.3 Å². The summed E-state index contributed by atoms with van der Waals surface area (Å²) in [7, 11) is 1.77. The van der Waals surface area contributed by atoms with Crippen molar-refractivity contribution >= 4 is 52.1 Å². The Balaban J connectivity index is 0.744. The molecule has 0 spiro atoms. The van der Waals surface area contributed by atoms with Gasteiger partial charge in [0, 0.05) is 97.8 Å². The number of anilines is 1. The number of nitrogens with zero attached hydrogens (tertiary/aromatic N) is 5. The Labute approximate surface area is 432 Å². The molecule has 5 N–H and O–H groups in total. The molecule has 19 heteroatoms. The number of nitrogens with one attached hydrogen (secondary N) is 2. The Bertz CT molecular complexity index is 2970. The molecule has 3 saturated heterocycles. The van der Waals surface area contributed by atoms with Gasteiger partial charge in [-0.1, -0.05) is 48.9 Å². The summed E-state index contributed by atoms with van der Waals surface area (Å²) in [5.41, 5.74) is 6.54. The molecule has 0 bridgehead atoms. The van der Waals surface area contributed by atoms with Crippen molar-refractivity contribution in [1.82, 2.24) is 30.2 Å². The molecular formula is C55H62ClF3N8O7. The molecule has 4 fully saturated rings. The van der Waals surface area contributed by atoms with E-state index in [1.54, 1.807) is 17.8 Å². The number of carbonyl (C=O) groups excluding carboxylic acids is 4. The average molecular weight is 1040 g/mol. The zero-order valence-corrected chi connectivity index (χ0v) is 42.4. The van der Waals surface area contributed by atoms with Crippen molar-refractivity contribution in [3.05, 3.63) is 105 Å². The third-order valence-corrected chi connectivity index (χ3v) is 16.7. The van der Waals surface area contributed by atoms with Crippen molar-refractivity contribution in [1.29, 1.82) is 0 Å². The quantitative estimate of drug-likeness (QED) is 0.0854. The van der Waals surface area contributed by atoms with E-state index < -0.39 is 40.1 Å². The topological polar surface area (TPSA) is 185 Å². The van der Waals surface area contributed by atoms with E-state index in [9.17, 15) is 24.3 Å². The minimum Gasteiger partial charge on any atom is -0.488 e. The normalized spacial score (nSPS) is 23.0. The number of aryl methyl sites for hydroxylation is 1. The molecule has 4 aliphatic heterocycles. The molecule has 5 aliphatic rings. The van der Waals surface area contributed by atoms with E-state index in [1.165, 1.54) is 29.2 Å². The zero-order valence-electron chi connectivity index (χ0n) is 41.6. The summed E-state index contributed by atoms with van der Waals surface area (Å²) in [4.78, 5) is 57.2. The molecule has 15 nitrogen and oxygen atoms in total. The van der Waals surface area contributed by atoms with Crippen LogP contribution >= 0.6 is 11.6 Å². The van der Waals surface area contributed by atoms with Crippen LogP contribution in [-0.4, -0.2) is 114 Å². The lowest BCUT2D eigenvalue weighted by atomic mass is 9.77. The lowest BCUT2D eigenvalue weighted by Gasteiger charge is -2.40. The van der Waals surface area contributed by atoms with Gasteiger partial charge < -0.3 is 35.4 Å². The highest BCUT2D eigenvalue weighted by molar-refractivity contribution is 6.34. The maximum absolute atomic E-state index is 16.5. The van der Waals surface area contributed by atoms with E-state index in [0.717, 1.165) is 76.6 Å². The van der Waals surface area contributed by atoms with Crippen molar-refractivity contribution in [3.8, 4) is 22.6 Å². The summed E-state index contributed by atoms with van der Waals surface area (Å²) in [6, 6.07) is 15.9. The summed E-state index contributed by atoms with van der Waals surface area (Å²) in [6.07, 6.45) is 6.53. The Morgan fingerprint density at radius 1 is 0.919 bits per heavy atom. The second-order valence-electron chi connectivity index (χ2n) is 20.6. The molecule has 10 rings (SSSR count). The highest BCUT2D eigenvalue weighted by Crippen LogP contribution is 2.56. The van der Waals surface area contributed by atoms with E-state index in [0.29, 0.717) is 46.9 Å². The molecule has 5 aromatic rings. The number of halogens is 4. The maximum Gasteiger partial charge on any atom is 0.329 e. The van der Waals surface area contributed by atoms with Gasteiger partial charge in [0.05, 0.1) is 22.7 Å². The molecule has 2 atom stereocenters.